The van der Waals surface area contributed by atoms with Crippen molar-refractivity contribution in [3.63, 3.8) is 0 Å². The molecule has 2 rings (SSSR count). The van der Waals surface area contributed by atoms with Gasteiger partial charge in [-0.2, -0.15) is 0 Å². The second-order valence-electron chi connectivity index (χ2n) is 5.55. The summed E-state index contributed by atoms with van der Waals surface area (Å²) in [6, 6.07) is 14.4. The van der Waals surface area contributed by atoms with E-state index in [4.69, 9.17) is 9.84 Å². The molecule has 0 aliphatic rings. The molecule has 0 heterocycles. The number of carboxylic acids is 1. The lowest BCUT2D eigenvalue weighted by Crippen LogP contribution is -2.15. The number of hydrogen-bond acceptors (Lipinski definition) is 4. The van der Waals surface area contributed by atoms with Gasteiger partial charge in [0.25, 0.3) is 5.91 Å². The van der Waals surface area contributed by atoms with E-state index >= 15 is 0 Å². The zero-order valence-corrected chi connectivity index (χ0v) is 15.2. The van der Waals surface area contributed by atoms with E-state index in [0.717, 1.165) is 17.3 Å². The summed E-state index contributed by atoms with van der Waals surface area (Å²) >= 11 is 1.15. The number of carbonyl (C=O) groups is 2. The topological polar surface area (TPSA) is 75.6 Å². The van der Waals surface area contributed by atoms with Crippen molar-refractivity contribution < 1.29 is 19.4 Å². The predicted molar refractivity (Wildman–Crippen MR) is 99.2 cm³/mol. The Morgan fingerprint density at radius 3 is 2.52 bits per heavy atom. The summed E-state index contributed by atoms with van der Waals surface area (Å²) in [5.41, 5.74) is 2.07. The quantitative estimate of drug-likeness (QED) is 0.724. The number of ether oxygens (including phenoxy) is 1. The van der Waals surface area contributed by atoms with Crippen LogP contribution in [-0.4, -0.2) is 29.3 Å². The van der Waals surface area contributed by atoms with E-state index in [1.54, 1.807) is 44.4 Å². The summed E-state index contributed by atoms with van der Waals surface area (Å²) in [4.78, 5) is 24.3. The van der Waals surface area contributed by atoms with Gasteiger partial charge in [0, 0.05) is 17.7 Å². The fourth-order valence-electron chi connectivity index (χ4n) is 2.20. The minimum atomic E-state index is -0.915. The molecule has 2 N–H and O–H groups in total. The first kappa shape index (κ1) is 19.0. The van der Waals surface area contributed by atoms with Crippen molar-refractivity contribution in [1.29, 1.82) is 0 Å². The van der Waals surface area contributed by atoms with Crippen LogP contribution in [0, 0.1) is 0 Å². The first-order chi connectivity index (χ1) is 11.9. The molecule has 2 aromatic rings. The normalized spacial score (nSPS) is 13.1. The first-order valence-electron chi connectivity index (χ1n) is 7.85. The molecule has 0 fully saturated rings. The molecule has 0 saturated heterocycles. The van der Waals surface area contributed by atoms with Crippen molar-refractivity contribution in [2.45, 2.75) is 30.1 Å². The molecular formula is C19H21NO4S. The lowest BCUT2D eigenvalue weighted by Gasteiger charge is -2.14. The van der Waals surface area contributed by atoms with E-state index in [9.17, 15) is 9.59 Å². The van der Waals surface area contributed by atoms with E-state index in [-0.39, 0.29) is 12.0 Å². The van der Waals surface area contributed by atoms with E-state index < -0.39 is 11.2 Å². The van der Waals surface area contributed by atoms with Crippen molar-refractivity contribution in [3.05, 3.63) is 59.7 Å². The molecule has 0 spiro atoms. The van der Waals surface area contributed by atoms with Crippen LogP contribution < -0.4 is 5.32 Å². The summed E-state index contributed by atoms with van der Waals surface area (Å²) in [5, 5.41) is 11.3. The number of benzene rings is 2. The van der Waals surface area contributed by atoms with Crippen molar-refractivity contribution in [3.8, 4) is 0 Å². The Hall–Kier alpha value is -2.31. The Morgan fingerprint density at radius 1 is 1.12 bits per heavy atom. The van der Waals surface area contributed by atoms with Gasteiger partial charge in [0.15, 0.2) is 0 Å². The van der Waals surface area contributed by atoms with Crippen LogP contribution in [0.15, 0.2) is 53.4 Å². The molecule has 2 atom stereocenters. The zero-order chi connectivity index (χ0) is 18.4. The zero-order valence-electron chi connectivity index (χ0n) is 14.4. The van der Waals surface area contributed by atoms with Crippen LogP contribution in [0.4, 0.5) is 5.69 Å². The summed E-state index contributed by atoms with van der Waals surface area (Å²) < 4.78 is 5.29. The largest absolute Gasteiger partial charge is 0.480 e. The molecule has 0 radical (unpaired) electrons. The number of carboxylic acid groups (broad SMARTS) is 1. The van der Waals surface area contributed by atoms with Gasteiger partial charge >= 0.3 is 5.97 Å². The second-order valence-corrected chi connectivity index (χ2v) is 6.93. The van der Waals surface area contributed by atoms with Crippen molar-refractivity contribution in [2.75, 3.05) is 12.4 Å². The second kappa shape index (κ2) is 8.69. The average molecular weight is 359 g/mol. The smallest absolute Gasteiger partial charge is 0.316 e. The summed E-state index contributed by atoms with van der Waals surface area (Å²) in [5.74, 6) is -1.19. The van der Waals surface area contributed by atoms with Crippen LogP contribution >= 0.6 is 11.8 Å². The maximum atomic E-state index is 12.6. The Bertz CT molecular complexity index is 763. The molecular weight excluding hydrogens is 338 g/mol. The molecule has 0 bridgehead atoms. The number of anilines is 1. The van der Waals surface area contributed by atoms with Gasteiger partial charge in [-0.15, -0.1) is 11.8 Å². The number of aliphatic carboxylic acids is 1. The Morgan fingerprint density at radius 2 is 1.84 bits per heavy atom. The molecule has 1 amide bonds. The third-order valence-corrected chi connectivity index (χ3v) is 4.92. The van der Waals surface area contributed by atoms with Crippen LogP contribution in [-0.2, 0) is 9.53 Å². The number of nitrogens with one attached hydrogen (secondary N) is 1. The standard InChI is InChI=1S/C19H21NO4S/c1-12(24-3)14-7-6-8-15(11-14)20-18(21)16-9-4-5-10-17(16)25-13(2)19(22)23/h4-13H,1-3H3,(H,20,21)(H,22,23). The van der Waals surface area contributed by atoms with E-state index in [0.29, 0.717) is 16.1 Å². The molecule has 25 heavy (non-hydrogen) atoms. The summed E-state index contributed by atoms with van der Waals surface area (Å²) in [6.45, 7) is 3.53. The highest BCUT2D eigenvalue weighted by molar-refractivity contribution is 8.00. The molecule has 132 valence electrons. The van der Waals surface area contributed by atoms with Crippen LogP contribution in [0.25, 0.3) is 0 Å². The van der Waals surface area contributed by atoms with Gasteiger partial charge in [-0.25, -0.2) is 0 Å². The number of thioether (sulfide) groups is 1. The number of methoxy groups -OCH3 is 1. The van der Waals surface area contributed by atoms with E-state index in [1.807, 2.05) is 25.1 Å². The molecule has 5 nitrogen and oxygen atoms in total. The Kier molecular flexibility index (Phi) is 6.61. The maximum Gasteiger partial charge on any atom is 0.316 e. The van der Waals surface area contributed by atoms with Crippen molar-refractivity contribution >= 4 is 29.3 Å². The highest BCUT2D eigenvalue weighted by Crippen LogP contribution is 2.28. The first-order valence-corrected chi connectivity index (χ1v) is 8.73. The minimum Gasteiger partial charge on any atom is -0.480 e. The minimum absolute atomic E-state index is 0.0730. The number of hydrogen-bond donors (Lipinski definition) is 2. The van der Waals surface area contributed by atoms with Gasteiger partial charge in [0.05, 0.1) is 11.7 Å². The third-order valence-electron chi connectivity index (χ3n) is 3.75. The highest BCUT2D eigenvalue weighted by Gasteiger charge is 2.18. The molecule has 0 aliphatic heterocycles. The lowest BCUT2D eigenvalue weighted by atomic mass is 10.1. The van der Waals surface area contributed by atoms with Crippen LogP contribution in [0.2, 0.25) is 0 Å². The Balaban J connectivity index is 2.20. The van der Waals surface area contributed by atoms with Crippen molar-refractivity contribution in [2.24, 2.45) is 0 Å². The summed E-state index contributed by atoms with van der Waals surface area (Å²) in [6.07, 6.45) is -0.0730. The summed E-state index contributed by atoms with van der Waals surface area (Å²) in [7, 11) is 1.63. The molecule has 0 aromatic heterocycles. The van der Waals surface area contributed by atoms with Gasteiger partial charge in [-0.05, 0) is 43.7 Å². The predicted octanol–water partition coefficient (Wildman–Crippen LogP) is 4.21. The fraction of sp³-hybridized carbons (Fsp3) is 0.263. The number of amides is 1. The lowest BCUT2D eigenvalue weighted by molar-refractivity contribution is -0.136. The fourth-order valence-corrected chi connectivity index (χ4v) is 3.13. The average Bonchev–Trinajstić information content (AvgIpc) is 2.61. The number of carbonyl (C=O) groups excluding carboxylic acids is 1. The van der Waals surface area contributed by atoms with Gasteiger partial charge in [0.1, 0.15) is 5.25 Å². The molecule has 0 saturated carbocycles. The van der Waals surface area contributed by atoms with Crippen LogP contribution in [0.3, 0.4) is 0 Å². The maximum absolute atomic E-state index is 12.6. The van der Waals surface area contributed by atoms with Gasteiger partial charge < -0.3 is 15.2 Å². The monoisotopic (exact) mass is 359 g/mol. The third kappa shape index (κ3) is 5.08. The Labute approximate surface area is 151 Å². The molecule has 2 unspecified atom stereocenters. The SMILES string of the molecule is COC(C)c1cccc(NC(=O)c2ccccc2SC(C)C(=O)O)c1. The van der Waals surface area contributed by atoms with E-state index in [2.05, 4.69) is 5.32 Å². The van der Waals surface area contributed by atoms with Crippen LogP contribution in [0.1, 0.15) is 35.9 Å². The molecule has 6 heteroatoms. The molecule has 2 aromatic carbocycles. The van der Waals surface area contributed by atoms with Crippen LogP contribution in [0.5, 0.6) is 0 Å². The van der Waals surface area contributed by atoms with E-state index in [1.165, 1.54) is 0 Å². The highest BCUT2D eigenvalue weighted by atomic mass is 32.2. The number of rotatable bonds is 7. The molecule has 0 aliphatic carbocycles. The van der Waals surface area contributed by atoms with Gasteiger partial charge in [-0.1, -0.05) is 24.3 Å². The van der Waals surface area contributed by atoms with Gasteiger partial charge in [0.2, 0.25) is 0 Å². The van der Waals surface area contributed by atoms with Gasteiger partial charge in [-0.3, -0.25) is 9.59 Å². The van der Waals surface area contributed by atoms with Crippen molar-refractivity contribution in [1.82, 2.24) is 0 Å².